The van der Waals surface area contributed by atoms with E-state index in [1.807, 2.05) is 0 Å². The summed E-state index contributed by atoms with van der Waals surface area (Å²) >= 11 is 7.25. The van der Waals surface area contributed by atoms with E-state index in [0.717, 1.165) is 33.4 Å². The molecule has 3 aromatic rings. The number of thiocarbonyl (C=S) groups is 1. The number of nitrogens with one attached hydrogen (secondary N) is 2. The van der Waals surface area contributed by atoms with Crippen molar-refractivity contribution in [2.45, 2.75) is 30.4 Å². The molecule has 1 fully saturated rings. The molecule has 0 radical (unpaired) electrons. The number of aliphatic carboxylic acids is 2. The largest absolute Gasteiger partial charge is 0.478 e. The summed E-state index contributed by atoms with van der Waals surface area (Å²) in [5.41, 5.74) is 7.04. The number of hydrogen-bond donors (Lipinski definition) is 6. The first-order chi connectivity index (χ1) is 21.7. The van der Waals surface area contributed by atoms with Gasteiger partial charge in [-0.25, -0.2) is 14.6 Å². The van der Waals surface area contributed by atoms with Gasteiger partial charge in [0.15, 0.2) is 16.4 Å². The zero-order valence-corrected chi connectivity index (χ0v) is 26.3. The van der Waals surface area contributed by atoms with Crippen LogP contribution in [-0.2, 0) is 24.0 Å². The standard InChI is InChI=1S/C26H24N10O7S3/c1-25(2,21(41)42)43-34-14(13-9-46-24(29)30-13)17(37)33-26(10-44)19(40)36-15(18(38)39)12(8-45-20(26)36)16-31-22(27)32-23(28)35(16)11-6-4-3-5-7-11/h3-7,9-10,20H,8H2,1-2H3,(H2,29,30)(H,33,37)(H,38,39)(H,41,42)(H3,27,28,32)/b34-14-/t20-,26?/m0/s1. The molecule has 20 heteroatoms. The number of amides is 2. The molecular formula is C26H24N10O7S3. The van der Waals surface area contributed by atoms with Crippen LogP contribution >= 0.6 is 35.3 Å². The maximum atomic E-state index is 13.9. The Morgan fingerprint density at radius 2 is 1.91 bits per heavy atom. The van der Waals surface area contributed by atoms with Gasteiger partial charge in [0.1, 0.15) is 22.6 Å². The average molecular weight is 685 g/mol. The molecule has 8 N–H and O–H groups in total. The van der Waals surface area contributed by atoms with Crippen LogP contribution in [0.3, 0.4) is 0 Å². The van der Waals surface area contributed by atoms with E-state index in [1.54, 1.807) is 30.3 Å². The van der Waals surface area contributed by atoms with E-state index in [1.165, 1.54) is 23.8 Å². The molecule has 1 aromatic carbocycles. The van der Waals surface area contributed by atoms with E-state index < -0.39 is 51.7 Å². The maximum absolute atomic E-state index is 13.9. The topological polar surface area (TPSA) is 265 Å². The van der Waals surface area contributed by atoms with Crippen molar-refractivity contribution < 1.29 is 34.2 Å². The second kappa shape index (κ2) is 11.9. The van der Waals surface area contributed by atoms with Crippen LogP contribution in [0.5, 0.6) is 0 Å². The molecule has 0 spiro atoms. The van der Waals surface area contributed by atoms with Crippen molar-refractivity contribution in [3.63, 3.8) is 0 Å². The Kier molecular flexibility index (Phi) is 8.36. The number of carboxylic acids is 2. The first-order valence-electron chi connectivity index (χ1n) is 13.0. The highest BCUT2D eigenvalue weighted by atomic mass is 32.2. The number of nitrogens with zero attached hydrogens (tertiary/aromatic N) is 6. The van der Waals surface area contributed by atoms with Crippen LogP contribution in [-0.4, -0.2) is 91.7 Å². The molecule has 238 valence electrons. The van der Waals surface area contributed by atoms with E-state index in [2.05, 4.69) is 25.4 Å². The molecule has 2 aliphatic heterocycles. The molecule has 0 aliphatic carbocycles. The molecule has 0 saturated carbocycles. The second-order valence-electron chi connectivity index (χ2n) is 10.2. The highest BCUT2D eigenvalue weighted by molar-refractivity contribution is 8.00. The molecule has 2 aromatic heterocycles. The zero-order chi connectivity index (χ0) is 33.6. The van der Waals surface area contributed by atoms with Crippen LogP contribution < -0.4 is 22.4 Å². The molecule has 4 heterocycles. The smallest absolute Gasteiger partial charge is 0.353 e. The van der Waals surface area contributed by atoms with Crippen molar-refractivity contribution >= 4 is 86.8 Å². The third-order valence-electron chi connectivity index (χ3n) is 6.83. The Hall–Kier alpha value is -5.21. The summed E-state index contributed by atoms with van der Waals surface area (Å²) in [5.74, 6) is -5.10. The lowest BCUT2D eigenvalue weighted by Gasteiger charge is -2.55. The van der Waals surface area contributed by atoms with E-state index in [0.29, 0.717) is 5.69 Å². The number of carboxylic acid groups (broad SMARTS) is 2. The van der Waals surface area contributed by atoms with Gasteiger partial charge < -0.3 is 31.8 Å². The number of para-hydroxylation sites is 1. The third kappa shape index (κ3) is 5.45. The number of oxime groups is 1. The van der Waals surface area contributed by atoms with Gasteiger partial charge in [-0.15, -0.1) is 23.1 Å². The van der Waals surface area contributed by atoms with Crippen molar-refractivity contribution in [1.29, 1.82) is 5.41 Å². The van der Waals surface area contributed by atoms with Gasteiger partial charge in [0.25, 0.3) is 11.8 Å². The van der Waals surface area contributed by atoms with Gasteiger partial charge in [-0.05, 0) is 26.0 Å². The van der Waals surface area contributed by atoms with Crippen molar-refractivity contribution in [2.24, 2.45) is 5.16 Å². The molecule has 17 nitrogen and oxygen atoms in total. The van der Waals surface area contributed by atoms with Crippen molar-refractivity contribution in [2.75, 3.05) is 17.2 Å². The van der Waals surface area contributed by atoms with Crippen molar-refractivity contribution in [3.05, 3.63) is 58.5 Å². The van der Waals surface area contributed by atoms with Crippen molar-refractivity contribution in [3.8, 4) is 5.69 Å². The number of thioether (sulfide) groups is 1. The molecular weight excluding hydrogens is 661 g/mol. The predicted molar refractivity (Wildman–Crippen MR) is 170 cm³/mol. The quantitative estimate of drug-likeness (QED) is 0.0722. The third-order valence-corrected chi connectivity index (χ3v) is 9.23. The molecule has 5 rings (SSSR count). The number of benzene rings is 1. The van der Waals surface area contributed by atoms with Crippen molar-refractivity contribution in [1.82, 2.24) is 29.7 Å². The zero-order valence-electron chi connectivity index (χ0n) is 23.8. The number of β-lactam (4-membered cyclic amide) rings is 1. The summed E-state index contributed by atoms with van der Waals surface area (Å²) in [5, 5.41) is 35.9. The molecule has 1 saturated heterocycles. The number of anilines is 2. The van der Waals surface area contributed by atoms with Crippen LogP contribution in [0.25, 0.3) is 11.3 Å². The number of carbonyl (C=O) groups excluding carboxylic acids is 2. The molecule has 1 unspecified atom stereocenters. The number of hydrogen-bond acceptors (Lipinski definition) is 15. The van der Waals surface area contributed by atoms with E-state index >= 15 is 0 Å². The van der Waals surface area contributed by atoms with Crippen LogP contribution in [0.1, 0.15) is 25.4 Å². The van der Waals surface area contributed by atoms with Gasteiger partial charge >= 0.3 is 11.9 Å². The molecule has 46 heavy (non-hydrogen) atoms. The summed E-state index contributed by atoms with van der Waals surface area (Å²) in [7, 11) is 0. The number of thiazole rings is 1. The summed E-state index contributed by atoms with van der Waals surface area (Å²) in [6.07, 6.45) is 0. The van der Waals surface area contributed by atoms with Gasteiger partial charge in [0.2, 0.25) is 17.2 Å². The van der Waals surface area contributed by atoms with Crippen LogP contribution in [0, 0.1) is 5.41 Å². The average Bonchev–Trinajstić information content (AvgIpc) is 3.44. The minimum absolute atomic E-state index is 0.0162. The molecule has 2 atom stereocenters. The molecule has 2 amide bonds. The van der Waals surface area contributed by atoms with Gasteiger partial charge in [0.05, 0.1) is 5.69 Å². The number of nitrogens with two attached hydrogens (primary N) is 2. The van der Waals surface area contributed by atoms with Gasteiger partial charge in [-0.3, -0.25) is 24.5 Å². The molecule has 0 bridgehead atoms. The SMILES string of the molecule is CC(C)(O/N=C(\C(=O)NC1(C=S)C(=O)N2C(C(=O)O)=C(c3nc(N)nc(=N)n3-c3ccccc3)CS[C@H]21)c1csc(N)n1)C(=O)O. The van der Waals surface area contributed by atoms with Gasteiger partial charge in [-0.2, -0.15) is 9.97 Å². The van der Waals surface area contributed by atoms with Crippen LogP contribution in [0.15, 0.2) is 46.6 Å². The Balaban J connectivity index is 1.55. The summed E-state index contributed by atoms with van der Waals surface area (Å²) in [6, 6.07) is 8.50. The number of aromatic nitrogens is 4. The number of rotatable bonds is 10. The fourth-order valence-corrected chi connectivity index (χ4v) is 6.87. The normalized spacial score (nSPS) is 19.6. The maximum Gasteiger partial charge on any atom is 0.353 e. The Morgan fingerprint density at radius 3 is 2.50 bits per heavy atom. The van der Waals surface area contributed by atoms with Gasteiger partial charge in [-0.1, -0.05) is 35.6 Å². The Bertz CT molecular complexity index is 1920. The Labute approximate surface area is 272 Å². The Morgan fingerprint density at radius 1 is 1.22 bits per heavy atom. The predicted octanol–water partition coefficient (Wildman–Crippen LogP) is 0.217. The first-order valence-corrected chi connectivity index (χ1v) is 15.4. The fraction of sp³-hybridized carbons (Fsp3) is 0.231. The molecule has 2 aliphatic rings. The number of carbonyl (C=O) groups is 4. The first kappa shape index (κ1) is 32.2. The van der Waals surface area contributed by atoms with E-state index in [9.17, 15) is 29.4 Å². The van der Waals surface area contributed by atoms with Crippen LogP contribution in [0.2, 0.25) is 0 Å². The number of fused-ring (bicyclic) bond motifs is 1. The lowest BCUT2D eigenvalue weighted by Crippen LogP contribution is -2.80. The second-order valence-corrected chi connectivity index (χ2v) is 12.4. The minimum Gasteiger partial charge on any atom is -0.478 e. The lowest BCUT2D eigenvalue weighted by atomic mass is 9.87. The minimum atomic E-state index is -1.89. The highest BCUT2D eigenvalue weighted by Gasteiger charge is 2.65. The summed E-state index contributed by atoms with van der Waals surface area (Å²) in [6.45, 7) is 2.42. The number of nitrogen functional groups attached to an aromatic ring is 2. The monoisotopic (exact) mass is 684 g/mol. The van der Waals surface area contributed by atoms with Gasteiger partial charge in [0, 0.05) is 22.1 Å². The van der Waals surface area contributed by atoms with E-state index in [4.69, 9.17) is 33.9 Å². The fourth-order valence-electron chi connectivity index (χ4n) is 4.52. The summed E-state index contributed by atoms with van der Waals surface area (Å²) in [4.78, 5) is 70.0. The van der Waals surface area contributed by atoms with Crippen LogP contribution in [0.4, 0.5) is 11.1 Å². The highest BCUT2D eigenvalue weighted by Crippen LogP contribution is 2.47. The van der Waals surface area contributed by atoms with E-state index in [-0.39, 0.29) is 39.5 Å². The lowest BCUT2D eigenvalue weighted by molar-refractivity contribution is -0.161. The summed E-state index contributed by atoms with van der Waals surface area (Å²) < 4.78 is 1.30.